The van der Waals surface area contributed by atoms with Crippen molar-refractivity contribution in [3.8, 4) is 0 Å². The maximum atomic E-state index is 3.96. The second kappa shape index (κ2) is 10.5. The molecule has 3 N–H and O–H groups in total. The Kier molecular flexibility index (Phi) is 10.9. The van der Waals surface area contributed by atoms with Gasteiger partial charge in [0.15, 0.2) is 0 Å². The van der Waals surface area contributed by atoms with E-state index in [-0.39, 0.29) is 7.58 Å². The van der Waals surface area contributed by atoms with Gasteiger partial charge in [0, 0.05) is 1.43 Å². The fourth-order valence-corrected chi connectivity index (χ4v) is 2.45. The summed E-state index contributed by atoms with van der Waals surface area (Å²) in [6.45, 7) is 26.0. The molecule has 0 aliphatic heterocycles. The molecule has 1 heteroatoms. The summed E-state index contributed by atoms with van der Waals surface area (Å²) in [6, 6.07) is 4.44. The van der Waals surface area contributed by atoms with Gasteiger partial charge in [0.1, 0.15) is 0 Å². The highest BCUT2D eigenvalue weighted by molar-refractivity contribution is 5.65. The Morgan fingerprint density at radius 1 is 1.08 bits per heavy atom. The van der Waals surface area contributed by atoms with Crippen molar-refractivity contribution in [3.63, 3.8) is 0 Å². The summed E-state index contributed by atoms with van der Waals surface area (Å²) >= 11 is 0. The first-order valence-corrected chi connectivity index (χ1v) is 8.77. The molecule has 24 heavy (non-hydrogen) atoms. The molecule has 0 aromatic heterocycles. The Labute approximate surface area is 153 Å². The number of hydrogen-bond acceptors (Lipinski definition) is 1. The molecule has 1 nitrogen and oxygen atoms in total. The molecule has 1 aromatic rings. The Morgan fingerprint density at radius 2 is 1.54 bits per heavy atom. The zero-order valence-electron chi connectivity index (χ0n) is 17.9. The lowest BCUT2D eigenvalue weighted by Crippen LogP contribution is -2.19. The van der Waals surface area contributed by atoms with Crippen molar-refractivity contribution in [1.29, 1.82) is 0 Å². The smallest absolute Gasteiger partial charge is 0 e. The molecule has 1 rings (SSSR count). The van der Waals surface area contributed by atoms with Gasteiger partial charge < -0.3 is 6.15 Å². The van der Waals surface area contributed by atoms with Crippen LogP contribution in [0.15, 0.2) is 30.4 Å². The van der Waals surface area contributed by atoms with Crippen molar-refractivity contribution in [2.45, 2.75) is 75.7 Å². The van der Waals surface area contributed by atoms with E-state index >= 15 is 0 Å². The van der Waals surface area contributed by atoms with Crippen LogP contribution in [0.4, 0.5) is 0 Å². The first-order valence-electron chi connectivity index (χ1n) is 8.77. The van der Waals surface area contributed by atoms with Gasteiger partial charge in [-0.3, -0.25) is 0 Å². The van der Waals surface area contributed by atoms with Gasteiger partial charge in [0.05, 0.1) is 0 Å². The fourth-order valence-electron chi connectivity index (χ4n) is 2.45. The summed E-state index contributed by atoms with van der Waals surface area (Å²) in [5.41, 5.74) is 8.43. The van der Waals surface area contributed by atoms with Crippen molar-refractivity contribution >= 4 is 5.57 Å². The van der Waals surface area contributed by atoms with Gasteiger partial charge in [0.2, 0.25) is 0 Å². The predicted molar refractivity (Wildman–Crippen MR) is 115 cm³/mol. The van der Waals surface area contributed by atoms with Crippen LogP contribution in [0.3, 0.4) is 0 Å². The minimum Gasteiger partial charge on any atom is -0.344 e. The molecule has 0 amide bonds. The average molecular weight is 334 g/mol. The summed E-state index contributed by atoms with van der Waals surface area (Å²) in [7, 11) is 0. The molecule has 0 heterocycles. The zero-order valence-corrected chi connectivity index (χ0v) is 17.9. The van der Waals surface area contributed by atoms with E-state index in [0.717, 1.165) is 11.5 Å². The molecule has 0 bridgehead atoms. The van der Waals surface area contributed by atoms with Gasteiger partial charge in [-0.2, -0.15) is 0 Å². The topological polar surface area (TPSA) is 35.0 Å². The minimum absolute atomic E-state index is 0. The normalized spacial score (nSPS) is 11.5. The number of benzene rings is 1. The summed E-state index contributed by atoms with van der Waals surface area (Å²) in [5, 5.41) is 0. The molecule has 0 fully saturated rings. The first kappa shape index (κ1) is 24.9. The predicted octanol–water partition coefficient (Wildman–Crippen LogP) is 8.08. The fraction of sp³-hybridized carbons (Fsp3) is 0.565. The minimum atomic E-state index is 0. The summed E-state index contributed by atoms with van der Waals surface area (Å²) in [4.78, 5) is 0. The summed E-state index contributed by atoms with van der Waals surface area (Å²) in [5.74, 6) is 0.761. The van der Waals surface area contributed by atoms with E-state index in [1.165, 1.54) is 34.2 Å². The van der Waals surface area contributed by atoms with Crippen LogP contribution in [0.5, 0.6) is 0 Å². The van der Waals surface area contributed by atoms with E-state index in [1.807, 2.05) is 0 Å². The molecular weight excluding hydrogens is 290 g/mol. The van der Waals surface area contributed by atoms with Gasteiger partial charge in [-0.05, 0) is 81.5 Å². The highest BCUT2D eigenvalue weighted by Crippen LogP contribution is 2.32. The standard InChI is InChI=1S/C12H16.C11H22.H3N.H2/c1-8(2)12-7-10(4)9(3)6-11(12)5;1-7-10(4)8-11(5,6)9(2)3;;/h6-7H,1H2,2-5H3;7,9H,8H2,1-6H3;1H3;1H/b;10-7-;;. The second-order valence-corrected chi connectivity index (χ2v) is 7.99. The quantitative estimate of drug-likeness (QED) is 0.555. The van der Waals surface area contributed by atoms with Crippen LogP contribution in [0.25, 0.3) is 5.57 Å². The molecule has 0 atom stereocenters. The molecule has 0 saturated carbocycles. The summed E-state index contributed by atoms with van der Waals surface area (Å²) in [6.07, 6.45) is 3.44. The maximum Gasteiger partial charge on any atom is 0 e. The highest BCUT2D eigenvalue weighted by atomic mass is 14.3. The van der Waals surface area contributed by atoms with E-state index in [2.05, 4.69) is 94.0 Å². The van der Waals surface area contributed by atoms with E-state index in [4.69, 9.17) is 0 Å². The SMILES string of the molecule is C/C=C(/C)CC(C)(C)C(C)C.C=C(C)c1cc(C)c(C)cc1C.N.[HH]. The largest absolute Gasteiger partial charge is 0.344 e. The van der Waals surface area contributed by atoms with Gasteiger partial charge in [0.25, 0.3) is 0 Å². The van der Waals surface area contributed by atoms with Gasteiger partial charge in [-0.25, -0.2) is 0 Å². The average Bonchev–Trinajstić information content (AvgIpc) is 2.42. The molecule has 1 aromatic carbocycles. The maximum absolute atomic E-state index is 3.96. The molecule has 0 aliphatic rings. The Morgan fingerprint density at radius 3 is 1.92 bits per heavy atom. The molecule has 0 aliphatic carbocycles. The molecular formula is C23H43N. The monoisotopic (exact) mass is 333 g/mol. The Balaban J connectivity index is -0.000000360. The van der Waals surface area contributed by atoms with E-state index < -0.39 is 0 Å². The van der Waals surface area contributed by atoms with E-state index in [9.17, 15) is 0 Å². The van der Waals surface area contributed by atoms with Crippen LogP contribution in [0, 0.1) is 32.1 Å². The van der Waals surface area contributed by atoms with Crippen molar-refractivity contribution in [3.05, 3.63) is 52.6 Å². The van der Waals surface area contributed by atoms with Crippen LogP contribution in [0.2, 0.25) is 0 Å². The van der Waals surface area contributed by atoms with Crippen LogP contribution >= 0.6 is 0 Å². The zero-order chi connectivity index (χ0) is 18.4. The van der Waals surface area contributed by atoms with Gasteiger partial charge >= 0.3 is 0 Å². The third-order valence-electron chi connectivity index (χ3n) is 5.09. The molecule has 0 saturated heterocycles. The third kappa shape index (κ3) is 7.97. The van der Waals surface area contributed by atoms with Crippen molar-refractivity contribution in [1.82, 2.24) is 6.15 Å². The van der Waals surface area contributed by atoms with E-state index in [1.54, 1.807) is 0 Å². The summed E-state index contributed by atoms with van der Waals surface area (Å²) < 4.78 is 0. The number of aryl methyl sites for hydroxylation is 3. The Hall–Kier alpha value is -1.34. The molecule has 0 radical (unpaired) electrons. The number of hydrogen-bond donors (Lipinski definition) is 1. The number of allylic oxidation sites excluding steroid dienone is 3. The highest BCUT2D eigenvalue weighted by Gasteiger charge is 2.21. The van der Waals surface area contributed by atoms with Crippen molar-refractivity contribution in [2.24, 2.45) is 11.3 Å². The van der Waals surface area contributed by atoms with Gasteiger partial charge in [-0.15, -0.1) is 0 Å². The van der Waals surface area contributed by atoms with Crippen LogP contribution in [-0.4, -0.2) is 0 Å². The molecule has 140 valence electrons. The first-order chi connectivity index (χ1) is 10.4. The Bertz CT molecular complexity index is 566. The van der Waals surface area contributed by atoms with Crippen molar-refractivity contribution < 1.29 is 1.43 Å². The molecule has 0 spiro atoms. The lowest BCUT2D eigenvalue weighted by Gasteiger charge is -2.29. The second-order valence-electron chi connectivity index (χ2n) is 7.99. The number of rotatable bonds is 4. The van der Waals surface area contributed by atoms with Crippen LogP contribution in [-0.2, 0) is 0 Å². The van der Waals surface area contributed by atoms with Gasteiger partial charge in [-0.1, -0.05) is 63.6 Å². The molecule has 0 unspecified atom stereocenters. The van der Waals surface area contributed by atoms with Crippen LogP contribution in [0.1, 0.15) is 78.6 Å². The van der Waals surface area contributed by atoms with Crippen LogP contribution < -0.4 is 6.15 Å². The third-order valence-corrected chi connectivity index (χ3v) is 5.09. The lowest BCUT2D eigenvalue weighted by atomic mass is 9.76. The van der Waals surface area contributed by atoms with Crippen molar-refractivity contribution in [2.75, 3.05) is 0 Å². The van der Waals surface area contributed by atoms with E-state index in [0.29, 0.717) is 5.41 Å². The lowest BCUT2D eigenvalue weighted by molar-refractivity contribution is 0.247.